The van der Waals surface area contributed by atoms with E-state index in [1.165, 1.54) is 4.90 Å². The first kappa shape index (κ1) is 13.0. The van der Waals surface area contributed by atoms with Crippen LogP contribution in [0.5, 0.6) is 0 Å². The highest BCUT2D eigenvalue weighted by Crippen LogP contribution is 2.21. The lowest BCUT2D eigenvalue weighted by molar-refractivity contribution is -0.149. The highest BCUT2D eigenvalue weighted by atomic mass is 32.2. The van der Waals surface area contributed by atoms with Gasteiger partial charge in [0.25, 0.3) is 0 Å². The van der Waals surface area contributed by atoms with Gasteiger partial charge in [-0.15, -0.1) is 4.91 Å². The minimum absolute atomic E-state index is 0.207. The average Bonchev–Trinajstić information content (AvgIpc) is 2.73. The quantitative estimate of drug-likeness (QED) is 0.580. The predicted octanol–water partition coefficient (Wildman–Crippen LogP) is 1.11. The molecule has 6 nitrogen and oxygen atoms in total. The van der Waals surface area contributed by atoms with Crippen LogP contribution in [0.3, 0.4) is 0 Å². The van der Waals surface area contributed by atoms with Crippen LogP contribution in [0.1, 0.15) is 19.8 Å². The number of nitroso groups, excluding NO2 is 1. The summed E-state index contributed by atoms with van der Waals surface area (Å²) in [6.45, 7) is 2.16. The number of hydrogen-bond donors (Lipinski definition) is 1. The summed E-state index contributed by atoms with van der Waals surface area (Å²) < 4.78 is 2.62. The zero-order chi connectivity index (χ0) is 12.1. The van der Waals surface area contributed by atoms with Gasteiger partial charge in [-0.1, -0.05) is 6.92 Å². The summed E-state index contributed by atoms with van der Waals surface area (Å²) >= 11 is 0.787. The number of hydrogen-bond acceptors (Lipinski definition) is 5. The molecule has 1 aliphatic heterocycles. The molecule has 0 aromatic carbocycles. The number of rotatable bonds is 5. The maximum atomic E-state index is 11.9. The number of carboxylic acids is 1. The summed E-state index contributed by atoms with van der Waals surface area (Å²) in [5.74, 6) is -1.24. The molecule has 0 aromatic heterocycles. The van der Waals surface area contributed by atoms with Crippen molar-refractivity contribution in [3.8, 4) is 0 Å². The van der Waals surface area contributed by atoms with Gasteiger partial charge in [-0.25, -0.2) is 4.79 Å². The zero-order valence-electron chi connectivity index (χ0n) is 8.96. The summed E-state index contributed by atoms with van der Waals surface area (Å²) in [4.78, 5) is 34.1. The molecule has 1 heterocycles. The Kier molecular flexibility index (Phi) is 4.72. The summed E-state index contributed by atoms with van der Waals surface area (Å²) in [6.07, 6.45) is 1.22. The first-order chi connectivity index (χ1) is 7.57. The molecule has 1 aliphatic rings. The molecule has 2 atom stereocenters. The van der Waals surface area contributed by atoms with E-state index in [2.05, 4.69) is 4.58 Å². The average molecular weight is 246 g/mol. The van der Waals surface area contributed by atoms with Crippen LogP contribution in [0.15, 0.2) is 4.58 Å². The van der Waals surface area contributed by atoms with Gasteiger partial charge in [0.1, 0.15) is 6.04 Å². The van der Waals surface area contributed by atoms with E-state index >= 15 is 0 Å². The second kappa shape index (κ2) is 5.83. The summed E-state index contributed by atoms with van der Waals surface area (Å²) in [6, 6.07) is -0.704. The van der Waals surface area contributed by atoms with E-state index in [-0.39, 0.29) is 11.8 Å². The molecule has 1 rings (SSSR count). The zero-order valence-corrected chi connectivity index (χ0v) is 9.77. The summed E-state index contributed by atoms with van der Waals surface area (Å²) in [7, 11) is 0. The first-order valence-corrected chi connectivity index (χ1v) is 6.00. The van der Waals surface area contributed by atoms with Crippen molar-refractivity contribution in [2.45, 2.75) is 25.8 Å². The van der Waals surface area contributed by atoms with Gasteiger partial charge in [-0.3, -0.25) is 4.79 Å². The topological polar surface area (TPSA) is 87.0 Å². The van der Waals surface area contributed by atoms with E-state index in [1.807, 2.05) is 0 Å². The number of carbonyl (C=O) groups is 2. The van der Waals surface area contributed by atoms with Crippen molar-refractivity contribution >= 4 is 23.8 Å². The van der Waals surface area contributed by atoms with Gasteiger partial charge in [0.15, 0.2) is 0 Å². The molecule has 90 valence electrons. The Balaban J connectivity index is 2.58. The fraction of sp³-hybridized carbons (Fsp3) is 0.778. The Bertz CT molecular complexity index is 297. The van der Waals surface area contributed by atoms with E-state index in [0.29, 0.717) is 25.1 Å². The molecular formula is C9H14N2O4S. The Labute approximate surface area is 97.5 Å². The molecule has 7 heteroatoms. The first-order valence-electron chi connectivity index (χ1n) is 5.05. The molecule has 0 aliphatic carbocycles. The fourth-order valence-electron chi connectivity index (χ4n) is 1.78. The molecule has 0 spiro atoms. The van der Waals surface area contributed by atoms with Crippen molar-refractivity contribution in [3.05, 3.63) is 4.91 Å². The molecule has 0 saturated carbocycles. The number of likely N-dealkylation sites (tertiary alicyclic amines) is 1. The lowest BCUT2D eigenvalue weighted by Crippen LogP contribution is -2.43. The van der Waals surface area contributed by atoms with E-state index in [1.54, 1.807) is 6.92 Å². The van der Waals surface area contributed by atoms with Crippen LogP contribution >= 0.6 is 11.9 Å². The van der Waals surface area contributed by atoms with Crippen LogP contribution in [0.25, 0.3) is 0 Å². The third-order valence-electron chi connectivity index (χ3n) is 2.62. The van der Waals surface area contributed by atoms with Crippen LogP contribution in [0.4, 0.5) is 0 Å². The van der Waals surface area contributed by atoms with Crippen LogP contribution in [0, 0.1) is 10.8 Å². The molecule has 1 fully saturated rings. The molecule has 16 heavy (non-hydrogen) atoms. The SMILES string of the molecule is C[C@@H](CSN=O)C(=O)N1CCC[C@H]1C(=O)O. The van der Waals surface area contributed by atoms with E-state index in [4.69, 9.17) is 5.11 Å². The van der Waals surface area contributed by atoms with Crippen molar-refractivity contribution in [2.75, 3.05) is 12.3 Å². The van der Waals surface area contributed by atoms with Crippen LogP contribution in [-0.2, 0) is 9.59 Å². The van der Waals surface area contributed by atoms with Gasteiger partial charge in [0.2, 0.25) is 5.91 Å². The largest absolute Gasteiger partial charge is 0.480 e. The second-order valence-electron chi connectivity index (χ2n) is 3.80. The fourth-order valence-corrected chi connectivity index (χ4v) is 2.21. The molecule has 1 amide bonds. The second-order valence-corrected chi connectivity index (χ2v) is 4.54. The number of aliphatic carboxylic acids is 1. The number of amides is 1. The highest BCUT2D eigenvalue weighted by molar-refractivity contribution is 7.97. The number of carbonyl (C=O) groups excluding carboxylic acids is 1. The number of carboxylic acid groups (broad SMARTS) is 1. The van der Waals surface area contributed by atoms with Crippen LogP contribution in [-0.4, -0.2) is 40.2 Å². The standard InChI is InChI=1S/C9H14N2O4S/c1-6(5-16-10-15)8(12)11-4-2-3-7(11)9(13)14/h6-7H,2-5H2,1H3,(H,13,14)/t6-,7-/m0/s1. The van der Waals surface area contributed by atoms with Gasteiger partial charge in [0, 0.05) is 34.7 Å². The summed E-state index contributed by atoms with van der Waals surface area (Å²) in [5, 5.41) is 8.92. The van der Waals surface area contributed by atoms with E-state index < -0.39 is 12.0 Å². The predicted molar refractivity (Wildman–Crippen MR) is 59.8 cm³/mol. The molecule has 1 N–H and O–H groups in total. The van der Waals surface area contributed by atoms with Gasteiger partial charge in [-0.05, 0) is 12.8 Å². The van der Waals surface area contributed by atoms with Gasteiger partial charge >= 0.3 is 5.97 Å². The van der Waals surface area contributed by atoms with E-state index in [0.717, 1.165) is 11.9 Å². The van der Waals surface area contributed by atoms with Crippen molar-refractivity contribution in [1.29, 1.82) is 0 Å². The lowest BCUT2D eigenvalue weighted by Gasteiger charge is -2.24. The third kappa shape index (κ3) is 2.94. The minimum atomic E-state index is -0.959. The molecule has 0 aromatic rings. The smallest absolute Gasteiger partial charge is 0.326 e. The lowest BCUT2D eigenvalue weighted by atomic mass is 10.1. The normalized spacial score (nSPS) is 21.8. The molecule has 0 bridgehead atoms. The molecule has 1 saturated heterocycles. The Morgan fingerprint density at radius 3 is 2.88 bits per heavy atom. The molecule has 0 unspecified atom stereocenters. The van der Waals surface area contributed by atoms with Crippen molar-refractivity contribution < 1.29 is 14.7 Å². The Morgan fingerprint density at radius 1 is 1.62 bits per heavy atom. The van der Waals surface area contributed by atoms with Gasteiger partial charge in [-0.2, -0.15) is 0 Å². The van der Waals surface area contributed by atoms with Crippen molar-refractivity contribution in [3.63, 3.8) is 0 Å². The Hall–Kier alpha value is -1.11. The minimum Gasteiger partial charge on any atom is -0.480 e. The molecular weight excluding hydrogens is 232 g/mol. The Morgan fingerprint density at radius 2 is 2.31 bits per heavy atom. The number of nitrogens with zero attached hydrogens (tertiary/aromatic N) is 2. The van der Waals surface area contributed by atoms with Crippen molar-refractivity contribution in [2.24, 2.45) is 10.5 Å². The van der Waals surface area contributed by atoms with E-state index in [9.17, 15) is 14.5 Å². The highest BCUT2D eigenvalue weighted by Gasteiger charge is 2.35. The maximum Gasteiger partial charge on any atom is 0.326 e. The van der Waals surface area contributed by atoms with Crippen LogP contribution < -0.4 is 0 Å². The third-order valence-corrected chi connectivity index (χ3v) is 3.37. The van der Waals surface area contributed by atoms with Crippen molar-refractivity contribution in [1.82, 2.24) is 4.90 Å². The van der Waals surface area contributed by atoms with Gasteiger partial charge < -0.3 is 10.0 Å². The maximum absolute atomic E-state index is 11.9. The van der Waals surface area contributed by atoms with Crippen LogP contribution in [0.2, 0.25) is 0 Å². The van der Waals surface area contributed by atoms with Gasteiger partial charge in [0.05, 0.1) is 0 Å². The summed E-state index contributed by atoms with van der Waals surface area (Å²) in [5.41, 5.74) is 0. The molecule has 0 radical (unpaired) electrons. The monoisotopic (exact) mass is 246 g/mol.